The molecule has 0 aromatic heterocycles. The zero-order valence-electron chi connectivity index (χ0n) is 12.7. The molecule has 0 heterocycles. The van der Waals surface area contributed by atoms with E-state index in [-0.39, 0.29) is 0 Å². The first kappa shape index (κ1) is 14.2. The molecule has 1 radical (unpaired) electrons. The number of hydrogen-bond acceptors (Lipinski definition) is 2. The molecule has 0 saturated carbocycles. The van der Waals surface area contributed by atoms with Gasteiger partial charge in [0, 0.05) is 16.7 Å². The highest BCUT2D eigenvalue weighted by Crippen LogP contribution is 2.39. The number of ether oxygens (including phenoxy) is 2. The molecule has 2 heteroatoms. The molecule has 0 unspecified atom stereocenters. The molecular weight excluding hydrogens is 272 g/mol. The average Bonchev–Trinajstić information content (AvgIpc) is 2.61. The van der Waals surface area contributed by atoms with E-state index in [1.807, 2.05) is 54.6 Å². The summed E-state index contributed by atoms with van der Waals surface area (Å²) in [6, 6.07) is 25.3. The molecule has 0 fully saturated rings. The van der Waals surface area contributed by atoms with E-state index in [1.54, 1.807) is 14.2 Å². The average molecular weight is 289 g/mol. The van der Waals surface area contributed by atoms with Crippen LogP contribution < -0.4 is 9.47 Å². The van der Waals surface area contributed by atoms with E-state index in [0.717, 1.165) is 33.8 Å². The highest BCUT2D eigenvalue weighted by Gasteiger charge is 2.13. The Morgan fingerprint density at radius 1 is 0.636 bits per heavy atom. The minimum Gasteiger partial charge on any atom is -0.496 e. The highest BCUT2D eigenvalue weighted by atomic mass is 16.5. The van der Waals surface area contributed by atoms with Gasteiger partial charge in [-0.2, -0.15) is 0 Å². The van der Waals surface area contributed by atoms with E-state index in [0.29, 0.717) is 0 Å². The zero-order chi connectivity index (χ0) is 15.4. The second-order valence-electron chi connectivity index (χ2n) is 4.86. The molecule has 0 aliphatic heterocycles. The van der Waals surface area contributed by atoms with E-state index >= 15 is 0 Å². The first-order chi connectivity index (χ1) is 10.8. The quantitative estimate of drug-likeness (QED) is 0.684. The van der Waals surface area contributed by atoms with Crippen LogP contribution in [0.25, 0.3) is 22.3 Å². The topological polar surface area (TPSA) is 18.5 Å². The van der Waals surface area contributed by atoms with Gasteiger partial charge in [0.2, 0.25) is 0 Å². The SMILES string of the molecule is COc1ccccc1-c1[c]cccc1-c1ccccc1OC. The van der Waals surface area contributed by atoms with Gasteiger partial charge in [-0.15, -0.1) is 0 Å². The fraction of sp³-hybridized carbons (Fsp3) is 0.100. The Hall–Kier alpha value is -2.74. The first-order valence-electron chi connectivity index (χ1n) is 7.12. The monoisotopic (exact) mass is 289 g/mol. The second kappa shape index (κ2) is 6.35. The van der Waals surface area contributed by atoms with Crippen molar-refractivity contribution in [2.75, 3.05) is 14.2 Å². The molecule has 22 heavy (non-hydrogen) atoms. The molecule has 0 amide bonds. The van der Waals surface area contributed by atoms with Gasteiger partial charge in [0.15, 0.2) is 0 Å². The molecule has 0 atom stereocenters. The fourth-order valence-corrected chi connectivity index (χ4v) is 2.60. The van der Waals surface area contributed by atoms with Crippen molar-refractivity contribution in [2.45, 2.75) is 0 Å². The molecular formula is C20H17O2. The fourth-order valence-electron chi connectivity index (χ4n) is 2.60. The minimum absolute atomic E-state index is 0.834. The molecule has 0 aliphatic carbocycles. The molecule has 109 valence electrons. The Morgan fingerprint density at radius 2 is 1.18 bits per heavy atom. The number of rotatable bonds is 4. The van der Waals surface area contributed by atoms with Gasteiger partial charge < -0.3 is 9.47 Å². The smallest absolute Gasteiger partial charge is 0.126 e. The van der Waals surface area contributed by atoms with Gasteiger partial charge >= 0.3 is 0 Å². The van der Waals surface area contributed by atoms with Gasteiger partial charge in [-0.05, 0) is 23.8 Å². The van der Waals surface area contributed by atoms with Crippen molar-refractivity contribution >= 4 is 0 Å². The summed E-state index contributed by atoms with van der Waals surface area (Å²) in [6.45, 7) is 0. The molecule has 3 aromatic carbocycles. The van der Waals surface area contributed by atoms with Crippen molar-refractivity contribution in [1.29, 1.82) is 0 Å². The zero-order valence-corrected chi connectivity index (χ0v) is 12.7. The molecule has 0 N–H and O–H groups in total. The Kier molecular flexibility index (Phi) is 4.10. The third kappa shape index (κ3) is 2.56. The summed E-state index contributed by atoms with van der Waals surface area (Å²) in [7, 11) is 3.37. The van der Waals surface area contributed by atoms with E-state index in [2.05, 4.69) is 18.2 Å². The van der Waals surface area contributed by atoms with Crippen LogP contribution in [0.5, 0.6) is 11.5 Å². The van der Waals surface area contributed by atoms with E-state index in [4.69, 9.17) is 9.47 Å². The van der Waals surface area contributed by atoms with Crippen LogP contribution in [0.1, 0.15) is 0 Å². The third-order valence-corrected chi connectivity index (χ3v) is 3.63. The predicted molar refractivity (Wildman–Crippen MR) is 89.3 cm³/mol. The maximum absolute atomic E-state index is 5.50. The molecule has 3 rings (SSSR count). The van der Waals surface area contributed by atoms with Crippen molar-refractivity contribution in [1.82, 2.24) is 0 Å². The first-order valence-corrected chi connectivity index (χ1v) is 7.12. The van der Waals surface area contributed by atoms with Gasteiger partial charge in [-0.3, -0.25) is 0 Å². The summed E-state index contributed by atoms with van der Waals surface area (Å²) in [6.07, 6.45) is 0. The van der Waals surface area contributed by atoms with Crippen molar-refractivity contribution in [3.63, 3.8) is 0 Å². The Morgan fingerprint density at radius 3 is 1.86 bits per heavy atom. The van der Waals surface area contributed by atoms with Crippen molar-refractivity contribution in [3.05, 3.63) is 72.8 Å². The molecule has 2 nitrogen and oxygen atoms in total. The lowest BCUT2D eigenvalue weighted by Crippen LogP contribution is -1.92. The molecule has 0 aliphatic rings. The lowest BCUT2D eigenvalue weighted by Gasteiger charge is -2.15. The van der Waals surface area contributed by atoms with Gasteiger partial charge in [0.1, 0.15) is 11.5 Å². The van der Waals surface area contributed by atoms with Crippen LogP contribution in [0.4, 0.5) is 0 Å². The van der Waals surface area contributed by atoms with Crippen LogP contribution in [0, 0.1) is 6.07 Å². The van der Waals surface area contributed by atoms with Gasteiger partial charge in [-0.1, -0.05) is 54.6 Å². The van der Waals surface area contributed by atoms with Gasteiger partial charge in [-0.25, -0.2) is 0 Å². The summed E-state index contributed by atoms with van der Waals surface area (Å²) in [5, 5.41) is 0. The van der Waals surface area contributed by atoms with Crippen molar-refractivity contribution < 1.29 is 9.47 Å². The maximum Gasteiger partial charge on any atom is 0.126 e. The molecule has 3 aromatic rings. The molecule has 0 bridgehead atoms. The van der Waals surface area contributed by atoms with Crippen LogP contribution in [-0.4, -0.2) is 14.2 Å². The summed E-state index contributed by atoms with van der Waals surface area (Å²) in [5.41, 5.74) is 4.14. The second-order valence-corrected chi connectivity index (χ2v) is 4.86. The van der Waals surface area contributed by atoms with Crippen LogP contribution in [0.3, 0.4) is 0 Å². The number of para-hydroxylation sites is 2. The molecule has 0 saturated heterocycles. The third-order valence-electron chi connectivity index (χ3n) is 3.63. The van der Waals surface area contributed by atoms with Crippen LogP contribution in [-0.2, 0) is 0 Å². The summed E-state index contributed by atoms with van der Waals surface area (Å²) >= 11 is 0. The van der Waals surface area contributed by atoms with Crippen LogP contribution in [0.15, 0.2) is 66.7 Å². The predicted octanol–water partition coefficient (Wildman–Crippen LogP) is 4.84. The number of hydrogen-bond donors (Lipinski definition) is 0. The van der Waals surface area contributed by atoms with Crippen LogP contribution in [0.2, 0.25) is 0 Å². The van der Waals surface area contributed by atoms with Crippen molar-refractivity contribution in [2.24, 2.45) is 0 Å². The van der Waals surface area contributed by atoms with Gasteiger partial charge in [0.25, 0.3) is 0 Å². The number of methoxy groups -OCH3 is 2. The Balaban J connectivity index is 2.23. The Bertz CT molecular complexity index is 711. The summed E-state index contributed by atoms with van der Waals surface area (Å²) in [4.78, 5) is 0. The van der Waals surface area contributed by atoms with E-state index in [9.17, 15) is 0 Å². The largest absolute Gasteiger partial charge is 0.496 e. The highest BCUT2D eigenvalue weighted by molar-refractivity contribution is 5.87. The van der Waals surface area contributed by atoms with E-state index in [1.165, 1.54) is 0 Å². The van der Waals surface area contributed by atoms with Crippen molar-refractivity contribution in [3.8, 4) is 33.8 Å². The normalized spacial score (nSPS) is 10.3. The lowest BCUT2D eigenvalue weighted by atomic mass is 9.93. The maximum atomic E-state index is 5.50. The standard InChI is InChI=1S/C20H17O2/c1-21-19-13-7-5-11-17(19)15-9-3-4-10-16(15)18-12-6-8-14-20(18)22-2/h3-9,11-14H,1-2H3. The van der Waals surface area contributed by atoms with Gasteiger partial charge in [0.05, 0.1) is 14.2 Å². The summed E-state index contributed by atoms with van der Waals surface area (Å²) in [5.74, 6) is 1.68. The Labute approximate surface area is 131 Å². The molecule has 0 spiro atoms. The lowest BCUT2D eigenvalue weighted by molar-refractivity contribution is 0.416. The number of benzene rings is 3. The van der Waals surface area contributed by atoms with Crippen LogP contribution >= 0.6 is 0 Å². The minimum atomic E-state index is 0.834. The summed E-state index contributed by atoms with van der Waals surface area (Å²) < 4.78 is 11.0. The van der Waals surface area contributed by atoms with E-state index < -0.39 is 0 Å².